The van der Waals surface area contributed by atoms with E-state index in [9.17, 15) is 18.8 Å². The van der Waals surface area contributed by atoms with Crippen LogP contribution in [0.4, 0.5) is 9.18 Å². The summed E-state index contributed by atoms with van der Waals surface area (Å²) >= 11 is 0. The van der Waals surface area contributed by atoms with Crippen molar-refractivity contribution in [1.29, 1.82) is 0 Å². The average molecular weight is 440 g/mol. The van der Waals surface area contributed by atoms with Crippen LogP contribution >= 0.6 is 0 Å². The van der Waals surface area contributed by atoms with Crippen molar-refractivity contribution in [2.45, 2.75) is 25.9 Å². The van der Waals surface area contributed by atoms with Crippen molar-refractivity contribution in [2.24, 2.45) is 4.99 Å². The lowest BCUT2D eigenvalue weighted by atomic mass is 9.95. The second-order valence-corrected chi connectivity index (χ2v) is 7.68. The molecular formula is C22H21FN4O5. The van der Waals surface area contributed by atoms with Crippen molar-refractivity contribution in [1.82, 2.24) is 15.5 Å². The predicted molar refractivity (Wildman–Crippen MR) is 113 cm³/mol. The van der Waals surface area contributed by atoms with Gasteiger partial charge in [-0.15, -0.1) is 0 Å². The molecule has 0 radical (unpaired) electrons. The number of hydrogen-bond acceptors (Lipinski definition) is 6. The summed E-state index contributed by atoms with van der Waals surface area (Å²) in [4.78, 5) is 43.2. The summed E-state index contributed by atoms with van der Waals surface area (Å²) in [5, 5.41) is 4.77. The van der Waals surface area contributed by atoms with E-state index in [2.05, 4.69) is 15.6 Å². The highest BCUT2D eigenvalue weighted by molar-refractivity contribution is 6.08. The Morgan fingerprint density at radius 3 is 2.72 bits per heavy atom. The summed E-state index contributed by atoms with van der Waals surface area (Å²) in [5.74, 6) is -1.54. The fourth-order valence-corrected chi connectivity index (χ4v) is 3.75. The molecule has 166 valence electrons. The van der Waals surface area contributed by atoms with Crippen LogP contribution in [0.3, 0.4) is 0 Å². The van der Waals surface area contributed by atoms with Gasteiger partial charge in [0.1, 0.15) is 11.5 Å². The molecule has 1 fully saturated rings. The van der Waals surface area contributed by atoms with Gasteiger partial charge in [0.25, 0.3) is 11.8 Å². The monoisotopic (exact) mass is 440 g/mol. The number of ether oxygens (including phenoxy) is 1. The molecule has 1 aromatic heterocycles. The fourth-order valence-electron chi connectivity index (χ4n) is 3.75. The van der Waals surface area contributed by atoms with Crippen LogP contribution in [-0.4, -0.2) is 42.1 Å². The van der Waals surface area contributed by atoms with E-state index in [0.29, 0.717) is 11.3 Å². The van der Waals surface area contributed by atoms with Crippen LogP contribution in [0.15, 0.2) is 39.9 Å². The Kier molecular flexibility index (Phi) is 5.29. The van der Waals surface area contributed by atoms with Gasteiger partial charge in [0, 0.05) is 18.5 Å². The van der Waals surface area contributed by atoms with Gasteiger partial charge in [-0.1, -0.05) is 6.07 Å². The number of halogens is 1. The van der Waals surface area contributed by atoms with Crippen molar-refractivity contribution >= 4 is 29.6 Å². The lowest BCUT2D eigenvalue weighted by molar-refractivity contribution is -0.125. The molecule has 1 saturated heterocycles. The van der Waals surface area contributed by atoms with Gasteiger partial charge in [-0.05, 0) is 43.7 Å². The molecule has 3 heterocycles. The Balaban J connectivity index is 1.67. The van der Waals surface area contributed by atoms with Crippen LogP contribution in [0.2, 0.25) is 0 Å². The third-order valence-corrected chi connectivity index (χ3v) is 5.26. The largest absolute Gasteiger partial charge is 0.494 e. The fraction of sp³-hybridized carbons (Fsp3) is 0.273. The van der Waals surface area contributed by atoms with Crippen molar-refractivity contribution in [3.05, 3.63) is 58.9 Å². The van der Waals surface area contributed by atoms with Gasteiger partial charge in [-0.3, -0.25) is 19.9 Å². The summed E-state index contributed by atoms with van der Waals surface area (Å²) in [6.45, 7) is 3.50. The first-order valence-electron chi connectivity index (χ1n) is 9.81. The number of imide groups is 1. The number of nitrogens with zero attached hydrogens (tertiary/aromatic N) is 2. The zero-order valence-corrected chi connectivity index (χ0v) is 17.7. The highest BCUT2D eigenvalue weighted by Gasteiger charge is 2.53. The first-order chi connectivity index (χ1) is 15.2. The topological polar surface area (TPSA) is 113 Å². The van der Waals surface area contributed by atoms with Crippen LogP contribution in [-0.2, 0) is 16.9 Å². The maximum atomic E-state index is 14.7. The molecule has 0 aliphatic carbocycles. The van der Waals surface area contributed by atoms with Gasteiger partial charge in [0.15, 0.2) is 17.1 Å². The molecule has 0 spiro atoms. The Morgan fingerprint density at radius 2 is 2.06 bits per heavy atom. The molecule has 2 N–H and O–H groups in total. The quantitative estimate of drug-likeness (QED) is 0.530. The molecule has 32 heavy (non-hydrogen) atoms. The number of carbonyl (C=O) groups is 3. The molecule has 0 saturated carbocycles. The summed E-state index contributed by atoms with van der Waals surface area (Å²) < 4.78 is 25.4. The van der Waals surface area contributed by atoms with Crippen molar-refractivity contribution in [3.8, 4) is 5.75 Å². The van der Waals surface area contributed by atoms with Gasteiger partial charge in [-0.2, -0.15) is 0 Å². The van der Waals surface area contributed by atoms with E-state index >= 15 is 0 Å². The van der Waals surface area contributed by atoms with Crippen LogP contribution in [0.1, 0.15) is 41.3 Å². The van der Waals surface area contributed by atoms with E-state index in [0.717, 1.165) is 5.71 Å². The molecule has 2 aliphatic rings. The number of furan rings is 1. The maximum absolute atomic E-state index is 14.7. The minimum absolute atomic E-state index is 0.0481. The smallest absolute Gasteiger partial charge is 0.322 e. The number of benzene rings is 1. The predicted octanol–water partition coefficient (Wildman–Crippen LogP) is 2.57. The van der Waals surface area contributed by atoms with Crippen LogP contribution < -0.4 is 15.4 Å². The molecule has 2 aromatic rings. The molecule has 0 bridgehead atoms. The van der Waals surface area contributed by atoms with E-state index in [1.54, 1.807) is 30.5 Å². The molecular weight excluding hydrogens is 419 g/mol. The molecule has 0 unspecified atom stereocenters. The lowest BCUT2D eigenvalue weighted by Gasteiger charge is -2.29. The van der Waals surface area contributed by atoms with E-state index in [1.807, 2.05) is 13.8 Å². The number of rotatable bonds is 6. The van der Waals surface area contributed by atoms with Crippen LogP contribution in [0.25, 0.3) is 6.08 Å². The van der Waals surface area contributed by atoms with Gasteiger partial charge in [0.05, 0.1) is 19.2 Å². The SMILES string of the molecule is COc1ccc2c(c1F)C(=O)N(C[C@@]1(c3ccc(/C=C\N=C(C)C)o3)NC(=O)NC1=O)C2. The van der Waals surface area contributed by atoms with Gasteiger partial charge in [-0.25, -0.2) is 9.18 Å². The number of hydrogen-bond donors (Lipinski definition) is 2. The second kappa shape index (κ2) is 7.95. The van der Waals surface area contributed by atoms with E-state index in [1.165, 1.54) is 18.1 Å². The normalized spacial score (nSPS) is 19.9. The number of nitrogens with one attached hydrogen (secondary N) is 2. The van der Waals surface area contributed by atoms with Crippen molar-refractivity contribution in [2.75, 3.05) is 13.7 Å². The highest BCUT2D eigenvalue weighted by atomic mass is 19.1. The zero-order chi connectivity index (χ0) is 23.0. The maximum Gasteiger partial charge on any atom is 0.322 e. The third kappa shape index (κ3) is 3.53. The van der Waals surface area contributed by atoms with Crippen molar-refractivity contribution < 1.29 is 27.9 Å². The Morgan fingerprint density at radius 1 is 1.28 bits per heavy atom. The number of aliphatic imine (C=N–C) groups is 1. The zero-order valence-electron chi connectivity index (χ0n) is 17.7. The average Bonchev–Trinajstić information content (AvgIpc) is 3.40. The van der Waals surface area contributed by atoms with Gasteiger partial charge in [0.2, 0.25) is 0 Å². The van der Waals surface area contributed by atoms with E-state index < -0.39 is 29.2 Å². The summed E-state index contributed by atoms with van der Waals surface area (Å²) in [5.41, 5.74) is -0.460. The second-order valence-electron chi connectivity index (χ2n) is 7.68. The van der Waals surface area contributed by atoms with Crippen molar-refractivity contribution in [3.63, 3.8) is 0 Å². The summed E-state index contributed by atoms with van der Waals surface area (Å²) in [7, 11) is 1.31. The third-order valence-electron chi connectivity index (χ3n) is 5.26. The van der Waals surface area contributed by atoms with E-state index in [-0.39, 0.29) is 30.2 Å². The molecule has 9 nitrogen and oxygen atoms in total. The summed E-state index contributed by atoms with van der Waals surface area (Å²) in [6, 6.07) is 5.49. The Hall–Kier alpha value is -3.95. The first kappa shape index (κ1) is 21.3. The van der Waals surface area contributed by atoms with Gasteiger partial charge < -0.3 is 19.4 Å². The molecule has 1 aromatic carbocycles. The standard InChI is InChI=1S/C22H21FN4O5/c1-12(2)24-9-8-14-5-7-16(32-14)22(20(29)25-21(30)26-22)11-27-10-13-4-6-15(31-3)18(23)17(13)19(27)28/h4-9H,10-11H2,1-3H3,(H2,25,26,29,30)/b9-8-/t22-/m0/s1. The molecule has 4 rings (SSSR count). The minimum atomic E-state index is -1.66. The van der Waals surface area contributed by atoms with Crippen LogP contribution in [0.5, 0.6) is 5.75 Å². The number of urea groups is 1. The molecule has 4 amide bonds. The number of amides is 4. The van der Waals surface area contributed by atoms with E-state index in [4.69, 9.17) is 9.15 Å². The Bertz CT molecular complexity index is 1180. The van der Waals surface area contributed by atoms with Crippen LogP contribution in [0, 0.1) is 5.82 Å². The summed E-state index contributed by atoms with van der Waals surface area (Å²) in [6.07, 6.45) is 3.16. The number of carbonyl (C=O) groups excluding carboxylic acids is 3. The highest BCUT2D eigenvalue weighted by Crippen LogP contribution is 2.35. The first-order valence-corrected chi connectivity index (χ1v) is 9.81. The minimum Gasteiger partial charge on any atom is -0.494 e. The van der Waals surface area contributed by atoms with Gasteiger partial charge >= 0.3 is 6.03 Å². The molecule has 1 atom stereocenters. The number of methoxy groups -OCH3 is 1. The molecule has 2 aliphatic heterocycles. The number of fused-ring (bicyclic) bond motifs is 1. The lowest BCUT2D eigenvalue weighted by Crippen LogP contribution is -2.52. The Labute approximate surface area is 182 Å². The molecule has 10 heteroatoms.